The van der Waals surface area contributed by atoms with E-state index in [-0.39, 0.29) is 10.8 Å². The molecule has 0 atom stereocenters. The lowest BCUT2D eigenvalue weighted by Gasteiger charge is -2.32. The second-order valence-electron chi connectivity index (χ2n) is 19.0. The van der Waals surface area contributed by atoms with E-state index in [9.17, 15) is 0 Å². The number of nitrogens with zero attached hydrogens (tertiary/aromatic N) is 2. The Morgan fingerprint density at radius 3 is 1.45 bits per heavy atom. The minimum absolute atomic E-state index is 0.0431. The summed E-state index contributed by atoms with van der Waals surface area (Å²) in [6.45, 7) is 14.0. The van der Waals surface area contributed by atoms with Crippen molar-refractivity contribution in [2.45, 2.75) is 52.4 Å². The summed E-state index contributed by atoms with van der Waals surface area (Å²) in [6, 6.07) is 72.3. The number of para-hydroxylation sites is 2. The van der Waals surface area contributed by atoms with E-state index in [0.29, 0.717) is 0 Å². The molecule has 0 bridgehead atoms. The van der Waals surface area contributed by atoms with Gasteiger partial charge < -0.3 is 9.47 Å². The molecule has 0 amide bonds. The molecule has 2 heteroatoms. The summed E-state index contributed by atoms with van der Waals surface area (Å²) in [5, 5.41) is 10.1. The maximum absolute atomic E-state index is 2.51. The molecule has 11 aromatic rings. The molecule has 11 rings (SSSR count). The van der Waals surface area contributed by atoms with E-state index >= 15 is 0 Å². The number of hydrogen-bond acceptors (Lipinski definition) is 1. The Kier molecular flexibility index (Phi) is 8.67. The smallest absolute Gasteiger partial charge is 0.0541 e. The van der Waals surface area contributed by atoms with Crippen molar-refractivity contribution in [1.29, 1.82) is 0 Å². The standard InChI is InChI=1S/C60H50N2/c1-59(2,3)43-36-44(60(4,5)6)38-46(37-43)61(45-30-24-40(25-31-45)48-19-11-10-18-47(48)39-16-8-7-9-17-39)55-34-28-41-27-33-52-56(35-29-42-26-32-51(55)57(41)58(42)52)62-53-22-14-12-20-49(53)50-21-13-15-23-54(50)62/h7-38H,1-6H3. The zero-order valence-corrected chi connectivity index (χ0v) is 36.4. The van der Waals surface area contributed by atoms with Crippen molar-refractivity contribution >= 4 is 71.2 Å². The van der Waals surface area contributed by atoms with E-state index in [1.165, 1.54) is 98.9 Å². The molecule has 0 N–H and O–H groups in total. The number of anilines is 3. The van der Waals surface area contributed by atoms with Crippen molar-refractivity contribution in [2.24, 2.45) is 0 Å². The lowest BCUT2D eigenvalue weighted by Crippen LogP contribution is -2.19. The molecule has 0 saturated carbocycles. The molecule has 0 unspecified atom stereocenters. The summed E-state index contributed by atoms with van der Waals surface area (Å²) in [5.41, 5.74) is 14.5. The maximum Gasteiger partial charge on any atom is 0.0541 e. The maximum atomic E-state index is 2.51. The summed E-state index contributed by atoms with van der Waals surface area (Å²) in [6.07, 6.45) is 0. The number of fused-ring (bicyclic) bond motifs is 3. The van der Waals surface area contributed by atoms with E-state index in [0.717, 1.165) is 11.4 Å². The molecule has 0 aliphatic carbocycles. The van der Waals surface area contributed by atoms with Crippen LogP contribution in [0.3, 0.4) is 0 Å². The summed E-state index contributed by atoms with van der Waals surface area (Å²) in [7, 11) is 0. The summed E-state index contributed by atoms with van der Waals surface area (Å²) in [5.74, 6) is 0. The Balaban J connectivity index is 1.16. The Bertz CT molecular complexity index is 3380. The van der Waals surface area contributed by atoms with Crippen LogP contribution in [0.4, 0.5) is 17.1 Å². The Morgan fingerprint density at radius 2 is 0.855 bits per heavy atom. The van der Waals surface area contributed by atoms with Gasteiger partial charge in [0.15, 0.2) is 0 Å². The fourth-order valence-electron chi connectivity index (χ4n) is 9.77. The highest BCUT2D eigenvalue weighted by molar-refractivity contribution is 6.27. The second kappa shape index (κ2) is 14.2. The Labute approximate surface area is 364 Å². The van der Waals surface area contributed by atoms with Crippen LogP contribution in [0, 0.1) is 0 Å². The largest absolute Gasteiger partial charge is 0.310 e. The van der Waals surface area contributed by atoms with Crippen molar-refractivity contribution in [1.82, 2.24) is 4.57 Å². The van der Waals surface area contributed by atoms with Crippen LogP contribution < -0.4 is 4.90 Å². The van der Waals surface area contributed by atoms with Gasteiger partial charge in [-0.3, -0.25) is 0 Å². The average molecular weight is 799 g/mol. The first-order valence-corrected chi connectivity index (χ1v) is 21.9. The van der Waals surface area contributed by atoms with Crippen LogP contribution in [-0.4, -0.2) is 4.57 Å². The Morgan fingerprint density at radius 1 is 0.371 bits per heavy atom. The van der Waals surface area contributed by atoms with E-state index < -0.39 is 0 Å². The lowest BCUT2D eigenvalue weighted by molar-refractivity contribution is 0.569. The fraction of sp³-hybridized carbons (Fsp3) is 0.133. The molecule has 0 aliphatic heterocycles. The molecule has 0 saturated heterocycles. The number of rotatable bonds is 6. The van der Waals surface area contributed by atoms with Gasteiger partial charge in [0.1, 0.15) is 0 Å². The number of aromatic nitrogens is 1. The van der Waals surface area contributed by atoms with Crippen molar-refractivity contribution in [3.05, 3.63) is 205 Å². The van der Waals surface area contributed by atoms with Gasteiger partial charge in [-0.1, -0.05) is 187 Å². The summed E-state index contributed by atoms with van der Waals surface area (Å²) >= 11 is 0. The van der Waals surface area contributed by atoms with E-state index in [1.807, 2.05) is 0 Å². The molecule has 2 nitrogen and oxygen atoms in total. The number of benzene rings is 10. The van der Waals surface area contributed by atoms with Crippen molar-refractivity contribution in [3.8, 4) is 27.9 Å². The third-order valence-corrected chi connectivity index (χ3v) is 13.0. The van der Waals surface area contributed by atoms with Gasteiger partial charge in [-0.25, -0.2) is 0 Å². The molecule has 62 heavy (non-hydrogen) atoms. The van der Waals surface area contributed by atoms with E-state index in [2.05, 4.69) is 245 Å². The Hall–Kier alpha value is -7.16. The predicted molar refractivity (Wildman–Crippen MR) is 267 cm³/mol. The molecule has 300 valence electrons. The predicted octanol–water partition coefficient (Wildman–Crippen LogP) is 17.1. The zero-order valence-electron chi connectivity index (χ0n) is 36.4. The molecule has 0 radical (unpaired) electrons. The van der Waals surface area contributed by atoms with Crippen LogP contribution >= 0.6 is 0 Å². The minimum atomic E-state index is -0.0431. The summed E-state index contributed by atoms with van der Waals surface area (Å²) < 4.78 is 2.47. The molecular weight excluding hydrogens is 749 g/mol. The van der Waals surface area contributed by atoms with Crippen LogP contribution in [0.1, 0.15) is 52.7 Å². The molecule has 0 spiro atoms. The highest BCUT2D eigenvalue weighted by Gasteiger charge is 2.26. The van der Waals surface area contributed by atoms with Crippen LogP contribution in [0.15, 0.2) is 194 Å². The monoisotopic (exact) mass is 798 g/mol. The van der Waals surface area contributed by atoms with Gasteiger partial charge in [-0.2, -0.15) is 0 Å². The summed E-state index contributed by atoms with van der Waals surface area (Å²) in [4.78, 5) is 2.51. The van der Waals surface area contributed by atoms with Crippen molar-refractivity contribution in [3.63, 3.8) is 0 Å². The van der Waals surface area contributed by atoms with Gasteiger partial charge >= 0.3 is 0 Å². The van der Waals surface area contributed by atoms with Crippen molar-refractivity contribution < 1.29 is 0 Å². The van der Waals surface area contributed by atoms with Gasteiger partial charge in [0.2, 0.25) is 0 Å². The SMILES string of the molecule is CC(C)(C)c1cc(N(c2ccc(-c3ccccc3-c3ccccc3)cc2)c2ccc3ccc4c(-n5c6ccccc6c6ccccc65)ccc5ccc2c3c54)cc(C(C)(C)C)c1. The first-order chi connectivity index (χ1) is 30.0. The molecule has 1 aromatic heterocycles. The van der Waals surface area contributed by atoms with Gasteiger partial charge in [0.05, 0.1) is 22.4 Å². The molecule has 1 heterocycles. The number of hydrogen-bond donors (Lipinski definition) is 0. The quantitative estimate of drug-likeness (QED) is 0.152. The minimum Gasteiger partial charge on any atom is -0.310 e. The third-order valence-electron chi connectivity index (χ3n) is 13.0. The lowest BCUT2D eigenvalue weighted by atomic mass is 9.80. The third kappa shape index (κ3) is 6.16. The molecular formula is C60H50N2. The fourth-order valence-corrected chi connectivity index (χ4v) is 9.77. The highest BCUT2D eigenvalue weighted by atomic mass is 15.1. The second-order valence-corrected chi connectivity index (χ2v) is 19.0. The molecule has 0 fully saturated rings. The molecule has 10 aromatic carbocycles. The van der Waals surface area contributed by atoms with Crippen LogP contribution in [-0.2, 0) is 10.8 Å². The van der Waals surface area contributed by atoms with Crippen LogP contribution in [0.2, 0.25) is 0 Å². The van der Waals surface area contributed by atoms with Gasteiger partial charge in [-0.05, 0) is 114 Å². The van der Waals surface area contributed by atoms with Crippen LogP contribution in [0.5, 0.6) is 0 Å². The van der Waals surface area contributed by atoms with Crippen molar-refractivity contribution in [2.75, 3.05) is 4.90 Å². The highest BCUT2D eigenvalue weighted by Crippen LogP contribution is 2.47. The topological polar surface area (TPSA) is 8.17 Å². The average Bonchev–Trinajstić information content (AvgIpc) is 3.62. The zero-order chi connectivity index (χ0) is 42.3. The van der Waals surface area contributed by atoms with Crippen LogP contribution in [0.25, 0.3) is 82.1 Å². The first kappa shape index (κ1) is 37.8. The van der Waals surface area contributed by atoms with Gasteiger partial charge in [0.25, 0.3) is 0 Å². The van der Waals surface area contributed by atoms with E-state index in [1.54, 1.807) is 0 Å². The van der Waals surface area contributed by atoms with Gasteiger partial charge in [0, 0.05) is 32.9 Å². The normalized spacial score (nSPS) is 12.4. The molecule has 0 aliphatic rings. The van der Waals surface area contributed by atoms with E-state index in [4.69, 9.17) is 0 Å². The first-order valence-electron chi connectivity index (χ1n) is 21.9. The van der Waals surface area contributed by atoms with Gasteiger partial charge in [-0.15, -0.1) is 0 Å².